The van der Waals surface area contributed by atoms with Crippen LogP contribution in [-0.4, -0.2) is 66.5 Å². The number of hydrogen-bond donors (Lipinski definition) is 4. The van der Waals surface area contributed by atoms with E-state index in [1.165, 1.54) is 0 Å². The first-order valence-electron chi connectivity index (χ1n) is 20.5. The zero-order chi connectivity index (χ0) is 38.4. The van der Waals surface area contributed by atoms with E-state index in [-0.39, 0.29) is 47.5 Å². The van der Waals surface area contributed by atoms with Crippen LogP contribution in [0, 0.1) is 11.8 Å². The second kappa shape index (κ2) is 17.1. The third kappa shape index (κ3) is 8.79. The third-order valence-corrected chi connectivity index (χ3v) is 11.6. The fraction of sp³-hybridized carbons (Fsp3) is 0.455. The predicted octanol–water partition coefficient (Wildman–Crippen LogP) is 6.42. The van der Waals surface area contributed by atoms with E-state index in [1.54, 1.807) is 0 Å². The Morgan fingerprint density at radius 1 is 0.679 bits per heavy atom. The zero-order valence-electron chi connectivity index (χ0n) is 31.9. The van der Waals surface area contributed by atoms with Gasteiger partial charge >= 0.3 is 0 Å². The highest BCUT2D eigenvalue weighted by Crippen LogP contribution is 2.36. The summed E-state index contributed by atoms with van der Waals surface area (Å²) in [6, 6.07) is 17.3. The van der Waals surface area contributed by atoms with Crippen molar-refractivity contribution < 1.29 is 19.2 Å². The number of unbranched alkanes of at least 4 members (excludes halogenated alkanes) is 2. The van der Waals surface area contributed by atoms with Crippen molar-refractivity contribution in [3.8, 4) is 0 Å². The molecule has 0 bridgehead atoms. The molecule has 2 aliphatic carbocycles. The molecule has 56 heavy (non-hydrogen) atoms. The molecule has 8 rings (SSSR count). The lowest BCUT2D eigenvalue weighted by Gasteiger charge is -2.28. The van der Waals surface area contributed by atoms with Gasteiger partial charge in [0.05, 0.1) is 24.0 Å². The number of aryl methyl sites for hydroxylation is 1. The number of amides is 4. The van der Waals surface area contributed by atoms with Gasteiger partial charge in [-0.1, -0.05) is 66.7 Å². The van der Waals surface area contributed by atoms with E-state index in [1.807, 2.05) is 82.9 Å². The molecule has 12 nitrogen and oxygen atoms in total. The van der Waals surface area contributed by atoms with Crippen LogP contribution in [0.5, 0.6) is 0 Å². The van der Waals surface area contributed by atoms with Crippen molar-refractivity contribution in [3.05, 3.63) is 113 Å². The summed E-state index contributed by atoms with van der Waals surface area (Å²) in [6.45, 7) is 1.26. The molecular formula is C44H52N8O4. The van der Waals surface area contributed by atoms with E-state index < -0.39 is 12.1 Å². The van der Waals surface area contributed by atoms with Gasteiger partial charge in [0.2, 0.25) is 23.6 Å². The highest BCUT2D eigenvalue weighted by atomic mass is 16.2. The van der Waals surface area contributed by atoms with Gasteiger partial charge in [-0.05, 0) is 94.3 Å². The number of aromatic nitrogens is 4. The van der Waals surface area contributed by atoms with E-state index in [4.69, 9.17) is 4.98 Å². The van der Waals surface area contributed by atoms with Gasteiger partial charge in [0.15, 0.2) is 0 Å². The second-order valence-corrected chi connectivity index (χ2v) is 15.8. The molecule has 2 saturated heterocycles. The van der Waals surface area contributed by atoms with Gasteiger partial charge in [-0.15, -0.1) is 0 Å². The Morgan fingerprint density at radius 3 is 1.73 bits per heavy atom. The molecule has 2 saturated carbocycles. The normalized spacial score (nSPS) is 20.6. The van der Waals surface area contributed by atoms with Gasteiger partial charge in [-0.3, -0.25) is 19.2 Å². The fourth-order valence-corrected chi connectivity index (χ4v) is 8.11. The molecule has 4 heterocycles. The summed E-state index contributed by atoms with van der Waals surface area (Å²) in [7, 11) is 0. The van der Waals surface area contributed by atoms with Crippen LogP contribution >= 0.6 is 0 Å². The third-order valence-electron chi connectivity index (χ3n) is 11.6. The molecule has 4 amide bonds. The molecule has 2 aliphatic heterocycles. The molecule has 0 spiro atoms. The number of allylic oxidation sites excluding steroid dienone is 1. The minimum atomic E-state index is -0.709. The predicted molar refractivity (Wildman–Crippen MR) is 211 cm³/mol. The number of nitrogens with one attached hydrogen (secondary N) is 4. The van der Waals surface area contributed by atoms with Crippen molar-refractivity contribution in [3.63, 3.8) is 0 Å². The molecule has 292 valence electrons. The maximum absolute atomic E-state index is 14.0. The lowest BCUT2D eigenvalue weighted by atomic mass is 10.0. The van der Waals surface area contributed by atoms with Crippen LogP contribution in [0.3, 0.4) is 0 Å². The number of carbonyl (C=O) groups excluding carboxylic acids is 4. The first-order valence-corrected chi connectivity index (χ1v) is 20.5. The van der Waals surface area contributed by atoms with Gasteiger partial charge < -0.3 is 30.4 Å². The van der Waals surface area contributed by atoms with Gasteiger partial charge in [0.25, 0.3) is 0 Å². The Labute approximate surface area is 328 Å². The van der Waals surface area contributed by atoms with Crippen LogP contribution in [0.4, 0.5) is 0 Å². The summed E-state index contributed by atoms with van der Waals surface area (Å²) in [5, 5.41) is 6.08. The summed E-state index contributed by atoms with van der Waals surface area (Å²) in [5.41, 5.74) is 3.55. The highest BCUT2D eigenvalue weighted by Gasteiger charge is 2.40. The summed E-state index contributed by atoms with van der Waals surface area (Å²) >= 11 is 0. The quantitative estimate of drug-likeness (QED) is 0.0968. The second-order valence-electron chi connectivity index (χ2n) is 15.8. The zero-order valence-corrected chi connectivity index (χ0v) is 31.9. The molecule has 0 unspecified atom stereocenters. The molecule has 0 radical (unpaired) electrons. The topological polar surface area (TPSA) is 156 Å². The van der Waals surface area contributed by atoms with Crippen LogP contribution in [0.2, 0.25) is 0 Å². The Kier molecular flexibility index (Phi) is 11.4. The number of H-pyrrole nitrogens is 2. The minimum absolute atomic E-state index is 0.0147. The number of likely N-dealkylation sites (tertiary alicyclic amines) is 2. The maximum atomic E-state index is 14.0. The first kappa shape index (κ1) is 37.4. The molecule has 4 aliphatic rings. The molecule has 4 atom stereocenters. The fourth-order valence-electron chi connectivity index (χ4n) is 8.11. The maximum Gasteiger partial charge on any atom is 0.250 e. The average molecular weight is 757 g/mol. The molecule has 2 aromatic heterocycles. The van der Waals surface area contributed by atoms with E-state index in [0.717, 1.165) is 111 Å². The van der Waals surface area contributed by atoms with Crippen molar-refractivity contribution in [1.82, 2.24) is 40.4 Å². The largest absolute Gasteiger partial charge is 0.344 e. The Hall–Kier alpha value is -5.52. The van der Waals surface area contributed by atoms with Crippen LogP contribution in [0.25, 0.3) is 6.08 Å². The molecule has 4 aromatic rings. The average Bonchev–Trinajstić information content (AvgIpc) is 4.00. The van der Waals surface area contributed by atoms with Gasteiger partial charge in [0, 0.05) is 36.8 Å². The summed E-state index contributed by atoms with van der Waals surface area (Å²) in [6.07, 6.45) is 18.6. The molecule has 4 fully saturated rings. The highest BCUT2D eigenvalue weighted by molar-refractivity contribution is 5.91. The Bertz CT molecular complexity index is 2020. The van der Waals surface area contributed by atoms with E-state index in [2.05, 4.69) is 37.7 Å². The van der Waals surface area contributed by atoms with E-state index in [0.29, 0.717) is 13.1 Å². The number of nitrogens with zero attached hydrogens (tertiary/aromatic N) is 4. The van der Waals surface area contributed by atoms with Crippen LogP contribution in [0.1, 0.15) is 129 Å². The number of rotatable bonds is 16. The lowest BCUT2D eigenvalue weighted by molar-refractivity contribution is -0.138. The Morgan fingerprint density at radius 2 is 1.20 bits per heavy atom. The van der Waals surface area contributed by atoms with E-state index >= 15 is 0 Å². The number of imidazole rings is 2. The smallest absolute Gasteiger partial charge is 0.250 e. The molecular weight excluding hydrogens is 705 g/mol. The van der Waals surface area contributed by atoms with Gasteiger partial charge in [0.1, 0.15) is 23.7 Å². The van der Waals surface area contributed by atoms with Crippen molar-refractivity contribution in [2.75, 3.05) is 13.1 Å². The lowest BCUT2D eigenvalue weighted by Crippen LogP contribution is -2.43. The molecule has 2 aromatic carbocycles. The van der Waals surface area contributed by atoms with Crippen LogP contribution in [0.15, 0.2) is 79.1 Å². The number of benzene rings is 2. The summed E-state index contributed by atoms with van der Waals surface area (Å²) < 4.78 is 0. The van der Waals surface area contributed by atoms with Crippen molar-refractivity contribution in [1.29, 1.82) is 0 Å². The summed E-state index contributed by atoms with van der Waals surface area (Å²) in [4.78, 5) is 73.5. The Balaban J connectivity index is 0.819. The number of carbonyl (C=O) groups is 4. The van der Waals surface area contributed by atoms with Crippen LogP contribution < -0.4 is 10.6 Å². The molecule has 12 heteroatoms. The van der Waals surface area contributed by atoms with Crippen LogP contribution in [-0.2, 0) is 25.6 Å². The number of aromatic amines is 2. The summed E-state index contributed by atoms with van der Waals surface area (Å²) in [5.74, 6) is 1.35. The number of hydrogen-bond acceptors (Lipinski definition) is 6. The monoisotopic (exact) mass is 756 g/mol. The van der Waals surface area contributed by atoms with Gasteiger partial charge in [-0.25, -0.2) is 9.97 Å². The standard InChI is InChI=1S/C44H52N8O4/c53-41(31-21-22-31)49-37(29-13-5-3-6-14-29)43(55)51-25-11-19-35(51)39-45-27-33(47-39)17-9-1-2-10-18-34-28-46-40(48-34)36-20-12-26-52(36)44(56)38(30-15-7-4-8-16-30)50-42(54)32-23-24-32/h3-9,13-17,27-28,31-32,35-38H,1-2,10-12,18-26H2,(H,45,47)(H,46,48)(H,49,53)(H,50,54)/t35-,36-,37-,38-/m1/s1. The van der Waals surface area contributed by atoms with Gasteiger partial charge in [-0.2, -0.15) is 0 Å². The minimum Gasteiger partial charge on any atom is -0.344 e. The van der Waals surface area contributed by atoms with E-state index in [9.17, 15) is 19.2 Å². The van der Waals surface area contributed by atoms with Crippen molar-refractivity contribution in [2.45, 2.75) is 101 Å². The molecule has 4 N–H and O–H groups in total. The first-order chi connectivity index (χ1) is 27.4. The van der Waals surface area contributed by atoms with Crippen molar-refractivity contribution >= 4 is 29.7 Å². The van der Waals surface area contributed by atoms with Crippen molar-refractivity contribution in [2.24, 2.45) is 11.8 Å². The SMILES string of the molecule is O=C(N[C@@H](C(=O)N1CCC[C@@H]1c1ncc(C=CCCCCc2cnc([C@H]3CCCN3C(=O)[C@H](NC(=O)C3CC3)c3ccccc3)[nH]2)[nH]1)c1ccccc1)C1CC1.